The lowest BCUT2D eigenvalue weighted by Gasteiger charge is -2.31. The van der Waals surface area contributed by atoms with Crippen molar-refractivity contribution in [2.75, 3.05) is 19.7 Å². The molecule has 1 aromatic carbocycles. The molecule has 0 unspecified atom stereocenters. The minimum atomic E-state index is -0.0730. The summed E-state index contributed by atoms with van der Waals surface area (Å²) >= 11 is 0. The molecule has 1 heterocycles. The van der Waals surface area contributed by atoms with Crippen molar-refractivity contribution in [2.45, 2.75) is 26.2 Å². The van der Waals surface area contributed by atoms with Crippen LogP contribution in [0.25, 0.3) is 0 Å². The highest BCUT2D eigenvalue weighted by atomic mass is 16.5. The molecule has 98 valence electrons. The van der Waals surface area contributed by atoms with Gasteiger partial charge in [0.2, 0.25) is 0 Å². The molecule has 2 rings (SSSR count). The monoisotopic (exact) mass is 247 g/mol. The number of esters is 1. The Bertz CT molecular complexity index is 417. The van der Waals surface area contributed by atoms with Gasteiger partial charge in [0.1, 0.15) is 0 Å². The molecule has 0 radical (unpaired) electrons. The maximum Gasteiger partial charge on any atom is 0.310 e. The van der Waals surface area contributed by atoms with Gasteiger partial charge in [-0.15, -0.1) is 0 Å². The predicted molar refractivity (Wildman–Crippen MR) is 71.5 cm³/mol. The van der Waals surface area contributed by atoms with Crippen molar-refractivity contribution in [1.82, 2.24) is 5.32 Å². The first-order chi connectivity index (χ1) is 8.72. The molecule has 0 aromatic heterocycles. The van der Waals surface area contributed by atoms with Crippen molar-refractivity contribution in [2.24, 2.45) is 5.92 Å². The summed E-state index contributed by atoms with van der Waals surface area (Å²) in [5.41, 5.74) is 2.50. The third kappa shape index (κ3) is 2.91. The van der Waals surface area contributed by atoms with Gasteiger partial charge in [0.15, 0.2) is 0 Å². The highest BCUT2D eigenvalue weighted by molar-refractivity contribution is 5.74. The van der Waals surface area contributed by atoms with Crippen molar-refractivity contribution in [3.05, 3.63) is 35.4 Å². The molecule has 1 N–H and O–H groups in total. The first-order valence-corrected chi connectivity index (χ1v) is 6.66. The highest BCUT2D eigenvalue weighted by Gasteiger charge is 2.32. The average molecular weight is 247 g/mol. The number of hydrogen-bond acceptors (Lipinski definition) is 3. The molecule has 0 spiro atoms. The number of carbonyl (C=O) groups is 1. The molecule has 1 aliphatic heterocycles. The molecule has 1 aromatic rings. The van der Waals surface area contributed by atoms with Crippen molar-refractivity contribution >= 4 is 5.97 Å². The second-order valence-corrected chi connectivity index (χ2v) is 4.87. The van der Waals surface area contributed by atoms with Gasteiger partial charge in [-0.3, -0.25) is 4.79 Å². The minimum Gasteiger partial charge on any atom is -0.466 e. The lowest BCUT2D eigenvalue weighted by molar-refractivity contribution is -0.149. The zero-order valence-corrected chi connectivity index (χ0v) is 11.1. The van der Waals surface area contributed by atoms with Crippen LogP contribution in [0.5, 0.6) is 0 Å². The Morgan fingerprint density at radius 2 is 2.33 bits per heavy atom. The van der Waals surface area contributed by atoms with E-state index >= 15 is 0 Å². The largest absolute Gasteiger partial charge is 0.466 e. The first kappa shape index (κ1) is 13.1. The van der Waals surface area contributed by atoms with Gasteiger partial charge in [0, 0.05) is 6.54 Å². The number of nitrogens with one attached hydrogen (secondary N) is 1. The fourth-order valence-corrected chi connectivity index (χ4v) is 2.66. The Kier molecular flexibility index (Phi) is 4.37. The van der Waals surface area contributed by atoms with Crippen molar-refractivity contribution in [3.8, 4) is 0 Å². The number of rotatable bonds is 3. The summed E-state index contributed by atoms with van der Waals surface area (Å²) in [6.45, 7) is 6.08. The van der Waals surface area contributed by atoms with E-state index in [0.717, 1.165) is 19.5 Å². The summed E-state index contributed by atoms with van der Waals surface area (Å²) in [4.78, 5) is 12.0. The summed E-state index contributed by atoms with van der Waals surface area (Å²) in [6.07, 6.45) is 0.993. The minimum absolute atomic E-state index is 0.0551. The molecule has 2 atom stereocenters. The normalized spacial score (nSPS) is 23.7. The van der Waals surface area contributed by atoms with E-state index in [-0.39, 0.29) is 17.8 Å². The van der Waals surface area contributed by atoms with E-state index in [1.807, 2.05) is 6.92 Å². The van der Waals surface area contributed by atoms with Crippen LogP contribution in [-0.2, 0) is 9.53 Å². The molecule has 0 saturated carbocycles. The van der Waals surface area contributed by atoms with Gasteiger partial charge in [0.25, 0.3) is 0 Å². The zero-order chi connectivity index (χ0) is 13.0. The molecular weight excluding hydrogens is 226 g/mol. The number of aryl methyl sites for hydroxylation is 1. The zero-order valence-electron chi connectivity index (χ0n) is 11.1. The van der Waals surface area contributed by atoms with Gasteiger partial charge in [-0.2, -0.15) is 0 Å². The van der Waals surface area contributed by atoms with Crippen LogP contribution in [0, 0.1) is 12.8 Å². The summed E-state index contributed by atoms with van der Waals surface area (Å²) in [6, 6.07) is 8.45. The van der Waals surface area contributed by atoms with Gasteiger partial charge in [-0.05, 0) is 38.3 Å². The van der Waals surface area contributed by atoms with E-state index in [2.05, 4.69) is 36.5 Å². The van der Waals surface area contributed by atoms with Crippen LogP contribution in [0.2, 0.25) is 0 Å². The number of benzene rings is 1. The van der Waals surface area contributed by atoms with Crippen LogP contribution in [-0.4, -0.2) is 25.7 Å². The molecule has 0 bridgehead atoms. The van der Waals surface area contributed by atoms with Gasteiger partial charge in [-0.1, -0.05) is 29.8 Å². The van der Waals surface area contributed by atoms with Crippen LogP contribution >= 0.6 is 0 Å². The van der Waals surface area contributed by atoms with Gasteiger partial charge in [0.05, 0.1) is 12.5 Å². The summed E-state index contributed by atoms with van der Waals surface area (Å²) < 4.78 is 5.18. The van der Waals surface area contributed by atoms with E-state index in [0.29, 0.717) is 6.61 Å². The second-order valence-electron chi connectivity index (χ2n) is 4.87. The number of piperidine rings is 1. The van der Waals surface area contributed by atoms with E-state index in [1.54, 1.807) is 0 Å². The van der Waals surface area contributed by atoms with E-state index < -0.39 is 0 Å². The van der Waals surface area contributed by atoms with Crippen molar-refractivity contribution in [3.63, 3.8) is 0 Å². The van der Waals surface area contributed by atoms with Crippen LogP contribution in [0.3, 0.4) is 0 Å². The standard InChI is InChI=1S/C15H21NO2/c1-3-18-15(17)14-10-16-8-7-13(14)12-6-4-5-11(2)9-12/h4-6,9,13-14,16H,3,7-8,10H2,1-2H3/t13-,14-/m0/s1. The Balaban J connectivity index is 2.20. The van der Waals surface area contributed by atoms with E-state index in [9.17, 15) is 4.79 Å². The fourth-order valence-electron chi connectivity index (χ4n) is 2.66. The van der Waals surface area contributed by atoms with E-state index in [1.165, 1.54) is 11.1 Å². The Hall–Kier alpha value is -1.35. The average Bonchev–Trinajstić information content (AvgIpc) is 2.39. The molecule has 1 aliphatic rings. The number of ether oxygens (including phenoxy) is 1. The summed E-state index contributed by atoms with van der Waals surface area (Å²) in [5, 5.41) is 3.29. The molecule has 1 fully saturated rings. The van der Waals surface area contributed by atoms with Gasteiger partial charge < -0.3 is 10.1 Å². The molecule has 18 heavy (non-hydrogen) atoms. The van der Waals surface area contributed by atoms with E-state index in [4.69, 9.17) is 4.74 Å². The Morgan fingerprint density at radius 1 is 1.50 bits per heavy atom. The maximum atomic E-state index is 12.0. The van der Waals surface area contributed by atoms with Crippen molar-refractivity contribution in [1.29, 1.82) is 0 Å². The van der Waals surface area contributed by atoms with Crippen LogP contribution < -0.4 is 5.32 Å². The second kappa shape index (κ2) is 6.01. The number of hydrogen-bond donors (Lipinski definition) is 1. The SMILES string of the molecule is CCOC(=O)[C@H]1CNCC[C@H]1c1cccc(C)c1. The Morgan fingerprint density at radius 3 is 3.06 bits per heavy atom. The smallest absolute Gasteiger partial charge is 0.310 e. The fraction of sp³-hybridized carbons (Fsp3) is 0.533. The molecule has 0 aliphatic carbocycles. The lowest BCUT2D eigenvalue weighted by Crippen LogP contribution is -2.40. The number of carbonyl (C=O) groups excluding carboxylic acids is 1. The molecule has 0 amide bonds. The predicted octanol–water partition coefficient (Wildman–Crippen LogP) is 2.25. The maximum absolute atomic E-state index is 12.0. The third-order valence-corrected chi connectivity index (χ3v) is 3.54. The van der Waals surface area contributed by atoms with Crippen LogP contribution in [0.4, 0.5) is 0 Å². The molecule has 1 saturated heterocycles. The highest BCUT2D eigenvalue weighted by Crippen LogP contribution is 2.31. The summed E-state index contributed by atoms with van der Waals surface area (Å²) in [7, 11) is 0. The Labute approximate surface area is 109 Å². The van der Waals surface area contributed by atoms with Crippen LogP contribution in [0.1, 0.15) is 30.4 Å². The molecular formula is C15H21NO2. The van der Waals surface area contributed by atoms with Gasteiger partial charge >= 0.3 is 5.97 Å². The quantitative estimate of drug-likeness (QED) is 0.833. The lowest BCUT2D eigenvalue weighted by atomic mass is 9.81. The molecule has 3 nitrogen and oxygen atoms in total. The van der Waals surface area contributed by atoms with Crippen molar-refractivity contribution < 1.29 is 9.53 Å². The van der Waals surface area contributed by atoms with Crippen LogP contribution in [0.15, 0.2) is 24.3 Å². The molecule has 3 heteroatoms. The third-order valence-electron chi connectivity index (χ3n) is 3.54. The van der Waals surface area contributed by atoms with Gasteiger partial charge in [-0.25, -0.2) is 0 Å². The summed E-state index contributed by atoms with van der Waals surface area (Å²) in [5.74, 6) is 0.155. The first-order valence-electron chi connectivity index (χ1n) is 6.66. The topological polar surface area (TPSA) is 38.3 Å².